The van der Waals surface area contributed by atoms with Gasteiger partial charge in [-0.05, 0) is 58.4 Å². The monoisotopic (exact) mass is 630 g/mol. The van der Waals surface area contributed by atoms with E-state index in [1.54, 1.807) is 6.92 Å². The number of ether oxygens (including phenoxy) is 3. The number of rotatable bonds is 14. The van der Waals surface area contributed by atoms with Crippen LogP contribution in [0.4, 0.5) is 4.79 Å². The van der Waals surface area contributed by atoms with E-state index in [1.165, 1.54) is 7.11 Å². The third kappa shape index (κ3) is 12.0. The molecule has 1 aliphatic heterocycles. The van der Waals surface area contributed by atoms with Gasteiger partial charge < -0.3 is 35.5 Å². The molecule has 4 N–H and O–H groups in total. The first-order chi connectivity index (χ1) is 21.4. The largest absolute Gasteiger partial charge is 0.467 e. The van der Waals surface area contributed by atoms with Gasteiger partial charge in [0.2, 0.25) is 17.7 Å². The highest BCUT2D eigenvalue weighted by atomic mass is 16.6. The van der Waals surface area contributed by atoms with Crippen molar-refractivity contribution in [3.63, 3.8) is 0 Å². The molecule has 2 aliphatic rings. The Morgan fingerprint density at radius 3 is 2.18 bits per heavy atom. The SMILES string of the molecule is COC(=O)[C@H](C[C@@H]1CCNC1=O)NC(=O)[C@H](CC1CCCCC1)NC(=O)[C@@H](NC(=O)OCc1ccccc1)[C@@H](C)OC(C)(C)C. The van der Waals surface area contributed by atoms with Gasteiger partial charge in [0, 0.05) is 12.5 Å². The Morgan fingerprint density at radius 2 is 1.58 bits per heavy atom. The smallest absolute Gasteiger partial charge is 0.408 e. The average Bonchev–Trinajstić information content (AvgIpc) is 3.41. The Bertz CT molecular complexity index is 1150. The first kappa shape index (κ1) is 35.8. The van der Waals surface area contributed by atoms with Crippen LogP contribution in [0.1, 0.15) is 84.6 Å². The van der Waals surface area contributed by atoms with Crippen molar-refractivity contribution < 1.29 is 38.2 Å². The van der Waals surface area contributed by atoms with Gasteiger partial charge in [-0.25, -0.2) is 9.59 Å². The van der Waals surface area contributed by atoms with Gasteiger partial charge in [-0.15, -0.1) is 0 Å². The molecule has 4 amide bonds. The molecule has 45 heavy (non-hydrogen) atoms. The van der Waals surface area contributed by atoms with Crippen LogP contribution >= 0.6 is 0 Å². The van der Waals surface area contributed by atoms with Gasteiger partial charge in [-0.1, -0.05) is 62.4 Å². The Hall–Kier alpha value is -3.67. The molecule has 0 radical (unpaired) electrons. The van der Waals surface area contributed by atoms with Crippen LogP contribution in [0.5, 0.6) is 0 Å². The lowest BCUT2D eigenvalue weighted by molar-refractivity contribution is -0.146. The molecule has 12 heteroatoms. The van der Waals surface area contributed by atoms with Crippen molar-refractivity contribution >= 4 is 29.8 Å². The molecule has 1 saturated heterocycles. The molecule has 1 aromatic rings. The van der Waals surface area contributed by atoms with Crippen molar-refractivity contribution in [2.45, 2.75) is 115 Å². The normalized spacial score (nSPS) is 19.8. The lowest BCUT2D eigenvalue weighted by atomic mass is 9.84. The number of amides is 4. The quantitative estimate of drug-likeness (QED) is 0.228. The molecule has 0 aromatic heterocycles. The molecule has 0 bridgehead atoms. The summed E-state index contributed by atoms with van der Waals surface area (Å²) >= 11 is 0. The van der Waals surface area contributed by atoms with Gasteiger partial charge in [0.1, 0.15) is 24.7 Å². The summed E-state index contributed by atoms with van der Waals surface area (Å²) < 4.78 is 16.4. The Kier molecular flexibility index (Phi) is 13.6. The van der Waals surface area contributed by atoms with E-state index in [0.29, 0.717) is 19.4 Å². The fourth-order valence-corrected chi connectivity index (χ4v) is 5.95. The molecule has 1 aromatic carbocycles. The predicted octanol–water partition coefficient (Wildman–Crippen LogP) is 3.12. The van der Waals surface area contributed by atoms with Crippen molar-refractivity contribution in [2.24, 2.45) is 11.8 Å². The number of hydrogen-bond acceptors (Lipinski definition) is 8. The zero-order chi connectivity index (χ0) is 33.0. The fourth-order valence-electron chi connectivity index (χ4n) is 5.95. The van der Waals surface area contributed by atoms with Crippen molar-refractivity contribution in [1.29, 1.82) is 0 Å². The minimum Gasteiger partial charge on any atom is -0.467 e. The molecular formula is C33H50N4O8. The van der Waals surface area contributed by atoms with E-state index < -0.39 is 59.6 Å². The van der Waals surface area contributed by atoms with E-state index in [9.17, 15) is 24.0 Å². The highest BCUT2D eigenvalue weighted by Gasteiger charge is 2.37. The number of alkyl carbamates (subject to hydrolysis) is 1. The number of hydrogen-bond donors (Lipinski definition) is 4. The number of esters is 1. The summed E-state index contributed by atoms with van der Waals surface area (Å²) in [5.74, 6) is -2.27. The first-order valence-corrected chi connectivity index (χ1v) is 16.0. The van der Waals surface area contributed by atoms with Gasteiger partial charge in [0.15, 0.2) is 0 Å². The van der Waals surface area contributed by atoms with Crippen LogP contribution in [0, 0.1) is 11.8 Å². The molecule has 1 heterocycles. The van der Waals surface area contributed by atoms with Crippen molar-refractivity contribution in [3.8, 4) is 0 Å². The summed E-state index contributed by atoms with van der Waals surface area (Å²) in [6, 6.07) is 5.90. The minimum absolute atomic E-state index is 0.0101. The fraction of sp³-hybridized carbons (Fsp3) is 0.667. The number of carbonyl (C=O) groups excluding carboxylic acids is 5. The maximum Gasteiger partial charge on any atom is 0.408 e. The van der Waals surface area contributed by atoms with Crippen molar-refractivity contribution in [2.75, 3.05) is 13.7 Å². The topological polar surface area (TPSA) is 161 Å². The lowest BCUT2D eigenvalue weighted by Gasteiger charge is -2.32. The molecular weight excluding hydrogens is 580 g/mol. The van der Waals surface area contributed by atoms with Crippen molar-refractivity contribution in [1.82, 2.24) is 21.3 Å². The Balaban J connectivity index is 1.78. The van der Waals surface area contributed by atoms with Gasteiger partial charge in [0.25, 0.3) is 0 Å². The summed E-state index contributed by atoms with van der Waals surface area (Å²) in [5, 5.41) is 11.0. The maximum absolute atomic E-state index is 13.8. The molecule has 3 rings (SSSR count). The Morgan fingerprint density at radius 1 is 0.911 bits per heavy atom. The van der Waals surface area contributed by atoms with E-state index >= 15 is 0 Å². The van der Waals surface area contributed by atoms with Crippen LogP contribution in [0.2, 0.25) is 0 Å². The molecule has 12 nitrogen and oxygen atoms in total. The number of methoxy groups -OCH3 is 1. The van der Waals surface area contributed by atoms with Crippen LogP contribution in [-0.2, 0) is 40.0 Å². The zero-order valence-corrected chi connectivity index (χ0v) is 27.2. The molecule has 1 saturated carbocycles. The van der Waals surface area contributed by atoms with Gasteiger partial charge in [-0.3, -0.25) is 14.4 Å². The molecule has 0 spiro atoms. The van der Waals surface area contributed by atoms with Crippen LogP contribution < -0.4 is 21.3 Å². The maximum atomic E-state index is 13.8. The summed E-state index contributed by atoms with van der Waals surface area (Å²) in [5.41, 5.74) is 0.152. The van der Waals surface area contributed by atoms with Crippen LogP contribution in [0.15, 0.2) is 30.3 Å². The minimum atomic E-state index is -1.19. The summed E-state index contributed by atoms with van der Waals surface area (Å²) in [6.07, 6.45) is 4.41. The second-order valence-corrected chi connectivity index (χ2v) is 13.0. The predicted molar refractivity (Wildman–Crippen MR) is 167 cm³/mol. The highest BCUT2D eigenvalue weighted by molar-refractivity contribution is 5.93. The first-order valence-electron chi connectivity index (χ1n) is 16.0. The standard InChI is InChI=1S/C33H50N4O8/c1-21(45-33(2,3)4)27(37-32(42)44-20-23-14-10-7-11-15-23)30(40)35-25(18-22-12-8-6-9-13-22)29(39)36-26(31(41)43-5)19-24-16-17-34-28(24)38/h7,10-11,14-15,21-22,24-27H,6,8-9,12-13,16-20H2,1-5H3,(H,34,38)(H,35,40)(H,36,39)(H,37,42)/t21-,24+,25+,26+,27+/m1/s1. The molecule has 2 fully saturated rings. The van der Waals surface area contributed by atoms with E-state index in [2.05, 4.69) is 21.3 Å². The van der Waals surface area contributed by atoms with Crippen LogP contribution in [0.25, 0.3) is 0 Å². The highest BCUT2D eigenvalue weighted by Crippen LogP contribution is 2.28. The van der Waals surface area contributed by atoms with Crippen LogP contribution in [0.3, 0.4) is 0 Å². The number of nitrogens with one attached hydrogen (secondary N) is 4. The molecule has 0 unspecified atom stereocenters. The zero-order valence-electron chi connectivity index (χ0n) is 27.2. The third-order valence-electron chi connectivity index (χ3n) is 8.19. The number of benzene rings is 1. The molecule has 5 atom stereocenters. The van der Waals surface area contributed by atoms with Crippen molar-refractivity contribution in [3.05, 3.63) is 35.9 Å². The lowest BCUT2D eigenvalue weighted by Crippen LogP contribution is -2.59. The van der Waals surface area contributed by atoms with Gasteiger partial charge in [-0.2, -0.15) is 0 Å². The number of carbonyl (C=O) groups is 5. The summed E-state index contributed by atoms with van der Waals surface area (Å²) in [4.78, 5) is 65.3. The van der Waals surface area contributed by atoms with E-state index in [0.717, 1.165) is 37.7 Å². The molecule has 250 valence electrons. The van der Waals surface area contributed by atoms with E-state index in [1.807, 2.05) is 51.1 Å². The Labute approximate surface area is 266 Å². The van der Waals surface area contributed by atoms with E-state index in [-0.39, 0.29) is 24.9 Å². The van der Waals surface area contributed by atoms with Gasteiger partial charge in [0.05, 0.1) is 18.8 Å². The third-order valence-corrected chi connectivity index (χ3v) is 8.19. The second-order valence-electron chi connectivity index (χ2n) is 13.0. The van der Waals surface area contributed by atoms with Crippen LogP contribution in [-0.4, -0.2) is 73.3 Å². The second kappa shape index (κ2) is 17.1. The summed E-state index contributed by atoms with van der Waals surface area (Å²) in [6.45, 7) is 7.69. The average molecular weight is 631 g/mol. The molecule has 1 aliphatic carbocycles. The van der Waals surface area contributed by atoms with Gasteiger partial charge >= 0.3 is 12.1 Å². The summed E-state index contributed by atoms with van der Waals surface area (Å²) in [7, 11) is 1.22. The van der Waals surface area contributed by atoms with E-state index in [4.69, 9.17) is 14.2 Å².